The van der Waals surface area contributed by atoms with Gasteiger partial charge in [-0.3, -0.25) is 4.98 Å². The molecule has 2 aromatic rings. The Labute approximate surface area is 116 Å². The first kappa shape index (κ1) is 12.6. The van der Waals surface area contributed by atoms with Gasteiger partial charge in [-0.1, -0.05) is 29.8 Å². The van der Waals surface area contributed by atoms with Gasteiger partial charge < -0.3 is 9.84 Å². The standard InChI is InChI=1S/C15H14ClNO2/c16-14-7-17-4-3-10(14)6-15(18)11-1-2-12-8-19-9-13(12)5-11/h1-5,7,15,18H,6,8-9H2. The number of aromatic nitrogens is 1. The maximum atomic E-state index is 10.3. The second-order valence-electron chi connectivity index (χ2n) is 4.71. The maximum Gasteiger partial charge on any atom is 0.0831 e. The topological polar surface area (TPSA) is 42.4 Å². The van der Waals surface area contributed by atoms with Crippen LogP contribution in [0.4, 0.5) is 0 Å². The number of rotatable bonds is 3. The van der Waals surface area contributed by atoms with Crippen molar-refractivity contribution in [1.82, 2.24) is 4.98 Å². The summed E-state index contributed by atoms with van der Waals surface area (Å²) in [7, 11) is 0. The summed E-state index contributed by atoms with van der Waals surface area (Å²) in [4.78, 5) is 3.94. The molecule has 0 fully saturated rings. The minimum atomic E-state index is -0.564. The quantitative estimate of drug-likeness (QED) is 0.936. The molecule has 4 heteroatoms. The van der Waals surface area contributed by atoms with Crippen LogP contribution in [0, 0.1) is 0 Å². The molecule has 0 amide bonds. The lowest BCUT2D eigenvalue weighted by atomic mass is 9.98. The third kappa shape index (κ3) is 2.63. The van der Waals surface area contributed by atoms with Crippen LogP contribution in [0.1, 0.15) is 28.4 Å². The number of aliphatic hydroxyl groups excluding tert-OH is 1. The zero-order chi connectivity index (χ0) is 13.2. The number of benzene rings is 1. The van der Waals surface area contributed by atoms with Crippen LogP contribution in [0.2, 0.25) is 5.02 Å². The monoisotopic (exact) mass is 275 g/mol. The molecule has 1 aromatic heterocycles. The first-order chi connectivity index (χ1) is 9.24. The number of aliphatic hydroxyl groups is 1. The van der Waals surface area contributed by atoms with Crippen LogP contribution in [0.3, 0.4) is 0 Å². The molecule has 0 bridgehead atoms. The van der Waals surface area contributed by atoms with Gasteiger partial charge in [0.15, 0.2) is 0 Å². The van der Waals surface area contributed by atoms with Crippen LogP contribution < -0.4 is 0 Å². The average Bonchev–Trinajstić information content (AvgIpc) is 2.88. The fourth-order valence-electron chi connectivity index (χ4n) is 2.29. The fourth-order valence-corrected chi connectivity index (χ4v) is 2.49. The second kappa shape index (κ2) is 5.29. The first-order valence-corrected chi connectivity index (χ1v) is 6.58. The summed E-state index contributed by atoms with van der Waals surface area (Å²) in [5, 5.41) is 10.9. The van der Waals surface area contributed by atoms with E-state index in [0.29, 0.717) is 24.7 Å². The molecule has 1 unspecified atom stereocenters. The lowest BCUT2D eigenvalue weighted by Gasteiger charge is -2.13. The van der Waals surface area contributed by atoms with Gasteiger partial charge in [0.2, 0.25) is 0 Å². The molecule has 2 heterocycles. The Morgan fingerprint density at radius 1 is 1.26 bits per heavy atom. The number of hydrogen-bond donors (Lipinski definition) is 1. The summed E-state index contributed by atoms with van der Waals surface area (Å²) < 4.78 is 5.38. The SMILES string of the molecule is OC(Cc1ccncc1Cl)c1ccc2c(c1)COC2. The van der Waals surface area contributed by atoms with Crippen molar-refractivity contribution in [2.45, 2.75) is 25.7 Å². The fraction of sp³-hybridized carbons (Fsp3) is 0.267. The Hall–Kier alpha value is -1.42. The van der Waals surface area contributed by atoms with E-state index in [1.807, 2.05) is 24.3 Å². The number of pyridine rings is 1. The highest BCUT2D eigenvalue weighted by Gasteiger charge is 2.16. The Morgan fingerprint density at radius 3 is 2.95 bits per heavy atom. The van der Waals surface area contributed by atoms with Crippen LogP contribution in [0.5, 0.6) is 0 Å². The largest absolute Gasteiger partial charge is 0.388 e. The number of nitrogens with zero attached hydrogens (tertiary/aromatic N) is 1. The van der Waals surface area contributed by atoms with Gasteiger partial charge in [-0.15, -0.1) is 0 Å². The number of halogens is 1. The van der Waals surface area contributed by atoms with Crippen molar-refractivity contribution < 1.29 is 9.84 Å². The summed E-state index contributed by atoms with van der Waals surface area (Å²) in [6.45, 7) is 1.30. The van der Waals surface area contributed by atoms with Crippen LogP contribution in [-0.4, -0.2) is 10.1 Å². The van der Waals surface area contributed by atoms with E-state index < -0.39 is 6.10 Å². The van der Waals surface area contributed by atoms with Gasteiger partial charge in [0.05, 0.1) is 24.3 Å². The molecule has 0 radical (unpaired) electrons. The average molecular weight is 276 g/mol. The minimum Gasteiger partial charge on any atom is -0.388 e. The zero-order valence-electron chi connectivity index (χ0n) is 10.3. The molecule has 1 aliphatic rings. The Balaban J connectivity index is 1.81. The lowest BCUT2D eigenvalue weighted by Crippen LogP contribution is -2.03. The van der Waals surface area contributed by atoms with E-state index in [0.717, 1.165) is 16.7 Å². The van der Waals surface area contributed by atoms with Crippen molar-refractivity contribution in [3.05, 3.63) is 63.9 Å². The number of ether oxygens (including phenoxy) is 1. The lowest BCUT2D eigenvalue weighted by molar-refractivity contribution is 0.134. The second-order valence-corrected chi connectivity index (χ2v) is 5.12. The number of fused-ring (bicyclic) bond motifs is 1. The predicted molar refractivity (Wildman–Crippen MR) is 72.8 cm³/mol. The van der Waals surface area contributed by atoms with Crippen molar-refractivity contribution in [3.63, 3.8) is 0 Å². The Bertz CT molecular complexity index is 600. The van der Waals surface area contributed by atoms with Gasteiger partial charge in [-0.2, -0.15) is 0 Å². The van der Waals surface area contributed by atoms with Crippen LogP contribution >= 0.6 is 11.6 Å². The van der Waals surface area contributed by atoms with Crippen LogP contribution in [0.25, 0.3) is 0 Å². The first-order valence-electron chi connectivity index (χ1n) is 6.20. The van der Waals surface area contributed by atoms with Gasteiger partial charge >= 0.3 is 0 Å². The summed E-state index contributed by atoms with van der Waals surface area (Å²) in [6, 6.07) is 7.83. The Morgan fingerprint density at radius 2 is 2.11 bits per heavy atom. The van der Waals surface area contributed by atoms with Gasteiger partial charge in [0, 0.05) is 18.8 Å². The summed E-state index contributed by atoms with van der Waals surface area (Å²) in [6.07, 6.45) is 3.21. The molecule has 0 saturated carbocycles. The molecule has 1 N–H and O–H groups in total. The van der Waals surface area contributed by atoms with E-state index in [9.17, 15) is 5.11 Å². The van der Waals surface area contributed by atoms with Gasteiger partial charge in [-0.05, 0) is 28.3 Å². The molecule has 0 aliphatic carbocycles. The highest BCUT2D eigenvalue weighted by Crippen LogP contribution is 2.27. The smallest absolute Gasteiger partial charge is 0.0831 e. The third-order valence-electron chi connectivity index (χ3n) is 3.40. The van der Waals surface area contributed by atoms with E-state index >= 15 is 0 Å². The normalized spacial score (nSPS) is 15.3. The summed E-state index contributed by atoms with van der Waals surface area (Å²) in [5.41, 5.74) is 4.17. The summed E-state index contributed by atoms with van der Waals surface area (Å²) in [5.74, 6) is 0. The molecule has 19 heavy (non-hydrogen) atoms. The molecule has 0 saturated heterocycles. The van der Waals surface area contributed by atoms with Gasteiger partial charge in [0.25, 0.3) is 0 Å². The highest BCUT2D eigenvalue weighted by atomic mass is 35.5. The predicted octanol–water partition coefficient (Wildman–Crippen LogP) is 3.04. The van der Waals surface area contributed by atoms with Crippen molar-refractivity contribution in [2.75, 3.05) is 0 Å². The van der Waals surface area contributed by atoms with Crippen LogP contribution in [0.15, 0.2) is 36.7 Å². The molecule has 1 aromatic carbocycles. The van der Waals surface area contributed by atoms with E-state index in [1.54, 1.807) is 12.4 Å². The van der Waals surface area contributed by atoms with E-state index in [4.69, 9.17) is 16.3 Å². The molecule has 0 spiro atoms. The minimum absolute atomic E-state index is 0.487. The van der Waals surface area contributed by atoms with Crippen molar-refractivity contribution in [2.24, 2.45) is 0 Å². The Kier molecular flexibility index (Phi) is 3.51. The van der Waals surface area contributed by atoms with Crippen molar-refractivity contribution in [3.8, 4) is 0 Å². The molecule has 3 rings (SSSR count). The van der Waals surface area contributed by atoms with Crippen molar-refractivity contribution in [1.29, 1.82) is 0 Å². The zero-order valence-corrected chi connectivity index (χ0v) is 11.1. The van der Waals surface area contributed by atoms with E-state index in [-0.39, 0.29) is 0 Å². The van der Waals surface area contributed by atoms with Crippen molar-refractivity contribution >= 4 is 11.6 Å². The molecule has 98 valence electrons. The summed E-state index contributed by atoms with van der Waals surface area (Å²) >= 11 is 6.06. The maximum absolute atomic E-state index is 10.3. The molecule has 1 aliphatic heterocycles. The molecular weight excluding hydrogens is 262 g/mol. The van der Waals surface area contributed by atoms with Gasteiger partial charge in [-0.25, -0.2) is 0 Å². The van der Waals surface area contributed by atoms with Gasteiger partial charge in [0.1, 0.15) is 0 Å². The third-order valence-corrected chi connectivity index (χ3v) is 3.74. The molecule has 1 atom stereocenters. The molecular formula is C15H14ClNO2. The highest BCUT2D eigenvalue weighted by molar-refractivity contribution is 6.31. The van der Waals surface area contributed by atoms with Crippen LogP contribution in [-0.2, 0) is 24.4 Å². The number of hydrogen-bond acceptors (Lipinski definition) is 3. The van der Waals surface area contributed by atoms with E-state index in [2.05, 4.69) is 4.98 Å². The van der Waals surface area contributed by atoms with E-state index in [1.165, 1.54) is 5.56 Å². The molecule has 3 nitrogen and oxygen atoms in total.